The molecule has 2 N–H and O–H groups in total. The summed E-state index contributed by atoms with van der Waals surface area (Å²) in [7, 11) is 0. The summed E-state index contributed by atoms with van der Waals surface area (Å²) in [4.78, 5) is 47.0. The van der Waals surface area contributed by atoms with Crippen molar-refractivity contribution in [2.45, 2.75) is 25.7 Å². The Morgan fingerprint density at radius 1 is 0.656 bits per heavy atom. The molecule has 0 aliphatic carbocycles. The van der Waals surface area contributed by atoms with Crippen molar-refractivity contribution in [1.29, 1.82) is 0 Å². The lowest BCUT2D eigenvalue weighted by Crippen LogP contribution is -2.13. The zero-order valence-corrected chi connectivity index (χ0v) is 22.3. The number of hydrogen-bond donors (Lipinski definition) is 2. The number of hydrogen-bond acceptors (Lipinski definition) is 6. The van der Waals surface area contributed by atoms with Gasteiger partial charge in [0.2, 0.25) is 0 Å². The normalized spacial score (nSPS) is 10.5. The minimum absolute atomic E-state index is 0.0583. The second-order valence-electron chi connectivity index (χ2n) is 6.29. The molecule has 0 bridgehead atoms. The van der Waals surface area contributed by atoms with Crippen molar-refractivity contribution in [3.05, 3.63) is 53.3 Å². The van der Waals surface area contributed by atoms with Crippen LogP contribution in [-0.4, -0.2) is 34.1 Å². The third kappa shape index (κ3) is 7.39. The molecule has 8 nitrogen and oxygen atoms in total. The number of unbranched alkanes of at least 4 members (excludes halogenated alkanes) is 1. The van der Waals surface area contributed by atoms with Gasteiger partial charge in [-0.2, -0.15) is 0 Å². The first kappa shape index (κ1) is 26.5. The van der Waals surface area contributed by atoms with Gasteiger partial charge in [0, 0.05) is 21.8 Å². The van der Waals surface area contributed by atoms with Crippen molar-refractivity contribution in [1.82, 2.24) is 0 Å². The summed E-state index contributed by atoms with van der Waals surface area (Å²) in [5.74, 6) is -4.03. The number of aromatic carboxylic acids is 2. The molecule has 0 fully saturated rings. The highest BCUT2D eigenvalue weighted by atomic mass is 79.9. The summed E-state index contributed by atoms with van der Waals surface area (Å²) in [6.45, 7) is 0. The van der Waals surface area contributed by atoms with Crippen LogP contribution in [0.15, 0.2) is 42.2 Å². The van der Waals surface area contributed by atoms with Crippen molar-refractivity contribution in [2.24, 2.45) is 0 Å². The van der Waals surface area contributed by atoms with Gasteiger partial charge in [-0.25, -0.2) is 9.59 Å². The van der Waals surface area contributed by atoms with Gasteiger partial charge in [0.25, 0.3) is 0 Å². The van der Waals surface area contributed by atoms with Gasteiger partial charge < -0.3 is 19.7 Å². The molecule has 170 valence electrons. The molecule has 0 aromatic heterocycles. The third-order valence-corrected chi connectivity index (χ3v) is 6.01. The van der Waals surface area contributed by atoms with Crippen LogP contribution in [0.2, 0.25) is 0 Å². The van der Waals surface area contributed by atoms with Crippen LogP contribution in [0.25, 0.3) is 0 Å². The molecule has 0 heterocycles. The quantitative estimate of drug-likeness (QED) is 0.180. The van der Waals surface area contributed by atoms with Crippen molar-refractivity contribution in [3.8, 4) is 11.5 Å². The number of benzene rings is 2. The Labute approximate surface area is 215 Å². The SMILES string of the molecule is O=C(CCCCC(=O)Oc1c(Br)cc(Br)cc1C(=O)O)Oc1c(Br)cc(Br)cc1C(=O)O. The lowest BCUT2D eigenvalue weighted by Gasteiger charge is -2.11. The van der Waals surface area contributed by atoms with Crippen LogP contribution in [0.4, 0.5) is 0 Å². The Morgan fingerprint density at radius 2 is 1.00 bits per heavy atom. The minimum atomic E-state index is -1.25. The molecule has 2 aromatic rings. The molecule has 0 spiro atoms. The Morgan fingerprint density at radius 3 is 1.31 bits per heavy atom. The van der Waals surface area contributed by atoms with Crippen LogP contribution in [0.1, 0.15) is 46.4 Å². The Kier molecular flexibility index (Phi) is 9.86. The molecule has 0 aliphatic heterocycles. The number of carboxylic acid groups (broad SMARTS) is 2. The summed E-state index contributed by atoms with van der Waals surface area (Å²) >= 11 is 12.7. The fraction of sp³-hybridized carbons (Fsp3) is 0.200. The third-order valence-electron chi connectivity index (χ3n) is 3.92. The van der Waals surface area contributed by atoms with Crippen molar-refractivity contribution >= 4 is 87.6 Å². The van der Waals surface area contributed by atoms with Gasteiger partial charge in [0.15, 0.2) is 11.5 Å². The predicted octanol–water partition coefficient (Wildman–Crippen LogP) is 6.20. The number of carbonyl (C=O) groups is 4. The number of ether oxygens (including phenoxy) is 2. The minimum Gasteiger partial charge on any atom is -0.478 e. The summed E-state index contributed by atoms with van der Waals surface area (Å²) in [6.07, 6.45) is 0.434. The Balaban J connectivity index is 1.90. The second kappa shape index (κ2) is 11.9. The Bertz CT molecular complexity index is 998. The molecule has 2 rings (SSSR count). The molecule has 0 saturated heterocycles. The summed E-state index contributed by atoms with van der Waals surface area (Å²) in [5, 5.41) is 18.6. The Hall–Kier alpha value is -1.76. The van der Waals surface area contributed by atoms with Gasteiger partial charge in [0.05, 0.1) is 8.95 Å². The highest BCUT2D eigenvalue weighted by Gasteiger charge is 2.21. The van der Waals surface area contributed by atoms with E-state index >= 15 is 0 Å². The molecule has 12 heteroatoms. The van der Waals surface area contributed by atoms with E-state index in [-0.39, 0.29) is 48.3 Å². The van der Waals surface area contributed by atoms with Gasteiger partial charge in [-0.15, -0.1) is 0 Å². The number of rotatable bonds is 9. The van der Waals surface area contributed by atoms with Crippen molar-refractivity contribution < 1.29 is 38.9 Å². The number of carboxylic acids is 2. The van der Waals surface area contributed by atoms with E-state index in [4.69, 9.17) is 9.47 Å². The van der Waals surface area contributed by atoms with E-state index in [1.54, 1.807) is 12.1 Å². The number of halogens is 4. The number of esters is 2. The zero-order valence-electron chi connectivity index (χ0n) is 16.0. The van der Waals surface area contributed by atoms with Gasteiger partial charge in [-0.3, -0.25) is 9.59 Å². The molecule has 2 aromatic carbocycles. The molecular formula is C20H14Br4O8. The van der Waals surface area contributed by atoms with Crippen LogP contribution in [0, 0.1) is 0 Å². The fourth-order valence-electron chi connectivity index (χ4n) is 2.51. The van der Waals surface area contributed by atoms with E-state index in [2.05, 4.69) is 63.7 Å². The van der Waals surface area contributed by atoms with Crippen LogP contribution < -0.4 is 9.47 Å². The molecule has 0 saturated carbocycles. The van der Waals surface area contributed by atoms with E-state index in [0.29, 0.717) is 17.9 Å². The molecule has 0 radical (unpaired) electrons. The summed E-state index contributed by atoms with van der Waals surface area (Å²) in [6, 6.07) is 5.74. The summed E-state index contributed by atoms with van der Waals surface area (Å²) in [5.41, 5.74) is -0.366. The van der Waals surface area contributed by atoms with E-state index in [1.807, 2.05) is 0 Å². The van der Waals surface area contributed by atoms with Crippen LogP contribution in [0.5, 0.6) is 11.5 Å². The first-order valence-corrected chi connectivity index (χ1v) is 12.0. The van der Waals surface area contributed by atoms with E-state index < -0.39 is 23.9 Å². The maximum atomic E-state index is 12.1. The second-order valence-corrected chi connectivity index (χ2v) is 9.83. The topological polar surface area (TPSA) is 127 Å². The molecule has 0 unspecified atom stereocenters. The van der Waals surface area contributed by atoms with E-state index in [9.17, 15) is 29.4 Å². The van der Waals surface area contributed by atoms with Crippen molar-refractivity contribution in [2.75, 3.05) is 0 Å². The zero-order chi connectivity index (χ0) is 24.0. The average Bonchev–Trinajstić information content (AvgIpc) is 2.68. The van der Waals surface area contributed by atoms with Gasteiger partial charge in [-0.1, -0.05) is 31.9 Å². The molecule has 0 atom stereocenters. The van der Waals surface area contributed by atoms with E-state index in [0.717, 1.165) is 0 Å². The van der Waals surface area contributed by atoms with Gasteiger partial charge in [-0.05, 0) is 69.0 Å². The lowest BCUT2D eigenvalue weighted by molar-refractivity contribution is -0.136. The predicted molar refractivity (Wildman–Crippen MR) is 127 cm³/mol. The van der Waals surface area contributed by atoms with Crippen LogP contribution in [-0.2, 0) is 9.59 Å². The fourth-order valence-corrected chi connectivity index (χ4v) is 5.13. The molecule has 0 amide bonds. The average molecular weight is 702 g/mol. The smallest absolute Gasteiger partial charge is 0.339 e. The summed E-state index contributed by atoms with van der Waals surface area (Å²) < 4.78 is 12.0. The van der Waals surface area contributed by atoms with Crippen LogP contribution >= 0.6 is 63.7 Å². The lowest BCUT2D eigenvalue weighted by atomic mass is 10.2. The largest absolute Gasteiger partial charge is 0.478 e. The molecule has 0 aliphatic rings. The highest BCUT2D eigenvalue weighted by molar-refractivity contribution is 9.11. The first-order valence-electron chi connectivity index (χ1n) is 8.85. The highest BCUT2D eigenvalue weighted by Crippen LogP contribution is 2.34. The number of carbonyl (C=O) groups excluding carboxylic acids is 2. The van der Waals surface area contributed by atoms with Crippen molar-refractivity contribution in [3.63, 3.8) is 0 Å². The maximum Gasteiger partial charge on any atom is 0.339 e. The first-order chi connectivity index (χ1) is 15.0. The van der Waals surface area contributed by atoms with Crippen LogP contribution in [0.3, 0.4) is 0 Å². The maximum absolute atomic E-state index is 12.1. The standard InChI is InChI=1S/C20H14Br4O8/c21-9-5-11(19(27)28)17(13(23)7-9)31-15(25)3-1-2-4-16(26)32-18-12(20(29)30)6-10(22)8-14(18)24/h5-8H,1-4H2,(H,27,28)(H,29,30). The molecule has 32 heavy (non-hydrogen) atoms. The van der Waals surface area contributed by atoms with E-state index in [1.165, 1.54) is 12.1 Å². The van der Waals surface area contributed by atoms with Gasteiger partial charge >= 0.3 is 23.9 Å². The molecular weight excluding hydrogens is 688 g/mol. The van der Waals surface area contributed by atoms with Gasteiger partial charge in [0.1, 0.15) is 11.1 Å². The monoisotopic (exact) mass is 698 g/mol.